The van der Waals surface area contributed by atoms with E-state index < -0.39 is 0 Å². The quantitative estimate of drug-likeness (QED) is 0.639. The Morgan fingerprint density at radius 2 is 1.73 bits per heavy atom. The molecule has 2 heteroatoms. The zero-order chi connectivity index (χ0) is 11.7. The van der Waals surface area contributed by atoms with Crippen LogP contribution in [0.15, 0.2) is 0 Å². The van der Waals surface area contributed by atoms with Gasteiger partial charge in [0.15, 0.2) is 0 Å². The highest BCUT2D eigenvalue weighted by Crippen LogP contribution is 2.10. The van der Waals surface area contributed by atoms with Crippen LogP contribution in [0.5, 0.6) is 0 Å². The fourth-order valence-corrected chi connectivity index (χ4v) is 1.93. The number of hydrogen-bond acceptors (Lipinski definition) is 2. The molecule has 0 aliphatic carbocycles. The first-order valence-electron chi connectivity index (χ1n) is 6.61. The zero-order valence-electron chi connectivity index (χ0n) is 11.1. The van der Waals surface area contributed by atoms with Crippen molar-refractivity contribution in [1.29, 1.82) is 0 Å². The van der Waals surface area contributed by atoms with Crippen LogP contribution < -0.4 is 5.73 Å². The average molecular weight is 214 g/mol. The van der Waals surface area contributed by atoms with Gasteiger partial charge in [-0.25, -0.2) is 0 Å². The molecule has 0 bridgehead atoms. The lowest BCUT2D eigenvalue weighted by Crippen LogP contribution is -2.31. The number of nitrogens with zero attached hydrogens (tertiary/aromatic N) is 1. The van der Waals surface area contributed by atoms with Gasteiger partial charge in [0.05, 0.1) is 0 Å². The van der Waals surface area contributed by atoms with E-state index in [1.807, 2.05) is 0 Å². The molecule has 15 heavy (non-hydrogen) atoms. The Balaban J connectivity index is 3.71. The van der Waals surface area contributed by atoms with E-state index in [-0.39, 0.29) is 0 Å². The minimum absolute atomic E-state index is 0.358. The van der Waals surface area contributed by atoms with Gasteiger partial charge in [-0.3, -0.25) is 0 Å². The van der Waals surface area contributed by atoms with Gasteiger partial charge in [0, 0.05) is 12.6 Å². The Hall–Kier alpha value is -0.0800. The van der Waals surface area contributed by atoms with E-state index in [9.17, 15) is 0 Å². The van der Waals surface area contributed by atoms with Crippen LogP contribution in [0, 0.1) is 5.92 Å². The molecule has 0 spiro atoms. The van der Waals surface area contributed by atoms with E-state index in [4.69, 9.17) is 5.73 Å². The molecule has 0 saturated heterocycles. The molecule has 2 N–H and O–H groups in total. The van der Waals surface area contributed by atoms with Crippen LogP contribution in [-0.4, -0.2) is 30.6 Å². The van der Waals surface area contributed by atoms with Crippen molar-refractivity contribution >= 4 is 0 Å². The second-order valence-corrected chi connectivity index (χ2v) is 4.70. The molecule has 0 aromatic heterocycles. The fraction of sp³-hybridized carbons (Fsp3) is 1.00. The Kier molecular flexibility index (Phi) is 9.12. The van der Waals surface area contributed by atoms with Gasteiger partial charge < -0.3 is 10.6 Å². The van der Waals surface area contributed by atoms with Crippen LogP contribution in [0.1, 0.15) is 53.4 Å². The van der Waals surface area contributed by atoms with Gasteiger partial charge in [-0.2, -0.15) is 0 Å². The third kappa shape index (κ3) is 7.80. The van der Waals surface area contributed by atoms with Crippen molar-refractivity contribution in [2.45, 2.75) is 59.4 Å². The molecule has 0 aliphatic rings. The zero-order valence-corrected chi connectivity index (χ0v) is 11.1. The Labute approximate surface area is 96.2 Å². The van der Waals surface area contributed by atoms with Crippen molar-refractivity contribution in [3.05, 3.63) is 0 Å². The molecule has 92 valence electrons. The van der Waals surface area contributed by atoms with Gasteiger partial charge >= 0.3 is 0 Å². The van der Waals surface area contributed by atoms with Gasteiger partial charge in [-0.05, 0) is 38.8 Å². The predicted molar refractivity (Wildman–Crippen MR) is 69.1 cm³/mol. The number of nitrogens with two attached hydrogens (primary N) is 1. The van der Waals surface area contributed by atoms with Crippen LogP contribution in [0.4, 0.5) is 0 Å². The molecule has 0 aromatic carbocycles. The van der Waals surface area contributed by atoms with Crippen molar-refractivity contribution in [2.75, 3.05) is 19.6 Å². The van der Waals surface area contributed by atoms with Crippen LogP contribution >= 0.6 is 0 Å². The SMILES string of the molecule is CCC(CC)CN(CC)CCCC(C)N. The molecule has 0 aliphatic heterocycles. The average Bonchev–Trinajstić information content (AvgIpc) is 2.22. The summed E-state index contributed by atoms with van der Waals surface area (Å²) in [7, 11) is 0. The van der Waals surface area contributed by atoms with E-state index in [0.717, 1.165) is 12.3 Å². The molecule has 0 heterocycles. The van der Waals surface area contributed by atoms with Gasteiger partial charge in [0.1, 0.15) is 0 Å². The van der Waals surface area contributed by atoms with Crippen molar-refractivity contribution in [3.63, 3.8) is 0 Å². The van der Waals surface area contributed by atoms with E-state index in [2.05, 4.69) is 32.6 Å². The third-order valence-electron chi connectivity index (χ3n) is 3.25. The minimum Gasteiger partial charge on any atom is -0.328 e. The van der Waals surface area contributed by atoms with Gasteiger partial charge in [0.2, 0.25) is 0 Å². The molecule has 0 radical (unpaired) electrons. The second kappa shape index (κ2) is 9.17. The maximum atomic E-state index is 5.76. The Morgan fingerprint density at radius 3 is 2.13 bits per heavy atom. The van der Waals surface area contributed by atoms with Crippen LogP contribution in [0.2, 0.25) is 0 Å². The lowest BCUT2D eigenvalue weighted by Gasteiger charge is -2.25. The normalized spacial score (nSPS) is 13.8. The molecule has 0 rings (SSSR count). The van der Waals surface area contributed by atoms with E-state index in [1.165, 1.54) is 38.9 Å². The molecule has 2 nitrogen and oxygen atoms in total. The summed E-state index contributed by atoms with van der Waals surface area (Å²) in [4.78, 5) is 2.57. The highest BCUT2D eigenvalue weighted by atomic mass is 15.1. The van der Waals surface area contributed by atoms with Crippen molar-refractivity contribution in [3.8, 4) is 0 Å². The summed E-state index contributed by atoms with van der Waals surface area (Å²) < 4.78 is 0. The summed E-state index contributed by atoms with van der Waals surface area (Å²) in [6.45, 7) is 12.6. The molecule has 0 aromatic rings. The molecular formula is C13H30N2. The first kappa shape index (κ1) is 14.9. The summed E-state index contributed by atoms with van der Waals surface area (Å²) in [6.07, 6.45) is 5.01. The standard InChI is InChI=1S/C13H30N2/c1-5-13(6-2)11-15(7-3)10-8-9-12(4)14/h12-13H,5-11,14H2,1-4H3. The van der Waals surface area contributed by atoms with Crippen molar-refractivity contribution < 1.29 is 0 Å². The van der Waals surface area contributed by atoms with Crippen molar-refractivity contribution in [1.82, 2.24) is 4.90 Å². The molecule has 1 atom stereocenters. The number of hydrogen-bond donors (Lipinski definition) is 1. The first-order valence-corrected chi connectivity index (χ1v) is 6.61. The summed E-state index contributed by atoms with van der Waals surface area (Å²) in [6, 6.07) is 0.358. The molecular weight excluding hydrogens is 184 g/mol. The van der Waals surface area contributed by atoms with E-state index in [0.29, 0.717) is 6.04 Å². The largest absolute Gasteiger partial charge is 0.328 e. The molecule has 0 amide bonds. The van der Waals surface area contributed by atoms with Crippen LogP contribution in [0.25, 0.3) is 0 Å². The van der Waals surface area contributed by atoms with Gasteiger partial charge in [-0.1, -0.05) is 33.6 Å². The highest BCUT2D eigenvalue weighted by molar-refractivity contribution is 4.64. The van der Waals surface area contributed by atoms with Crippen molar-refractivity contribution in [2.24, 2.45) is 11.7 Å². The van der Waals surface area contributed by atoms with Crippen LogP contribution in [0.3, 0.4) is 0 Å². The van der Waals surface area contributed by atoms with Crippen LogP contribution in [-0.2, 0) is 0 Å². The smallest absolute Gasteiger partial charge is 0.00109 e. The highest BCUT2D eigenvalue weighted by Gasteiger charge is 2.09. The first-order chi connectivity index (χ1) is 7.13. The predicted octanol–water partition coefficient (Wildman–Crippen LogP) is 2.87. The van der Waals surface area contributed by atoms with Gasteiger partial charge in [0.25, 0.3) is 0 Å². The topological polar surface area (TPSA) is 29.3 Å². The fourth-order valence-electron chi connectivity index (χ4n) is 1.93. The maximum Gasteiger partial charge on any atom is 0.00109 e. The summed E-state index contributed by atoms with van der Waals surface area (Å²) in [5.41, 5.74) is 5.76. The maximum absolute atomic E-state index is 5.76. The Bertz CT molecular complexity index is 130. The molecule has 0 fully saturated rings. The lowest BCUT2D eigenvalue weighted by molar-refractivity contribution is 0.228. The molecule has 0 saturated carbocycles. The van der Waals surface area contributed by atoms with E-state index >= 15 is 0 Å². The van der Waals surface area contributed by atoms with Gasteiger partial charge in [-0.15, -0.1) is 0 Å². The summed E-state index contributed by atoms with van der Waals surface area (Å²) in [5, 5.41) is 0. The molecule has 1 unspecified atom stereocenters. The number of rotatable bonds is 9. The van der Waals surface area contributed by atoms with E-state index in [1.54, 1.807) is 0 Å². The third-order valence-corrected chi connectivity index (χ3v) is 3.25. The second-order valence-electron chi connectivity index (χ2n) is 4.70. The minimum atomic E-state index is 0.358. The lowest BCUT2D eigenvalue weighted by atomic mass is 10.0. The monoisotopic (exact) mass is 214 g/mol. The Morgan fingerprint density at radius 1 is 1.13 bits per heavy atom. The summed E-state index contributed by atoms with van der Waals surface area (Å²) >= 11 is 0. The summed E-state index contributed by atoms with van der Waals surface area (Å²) in [5.74, 6) is 0.875.